The zero-order valence-electron chi connectivity index (χ0n) is 16.4. The smallest absolute Gasteiger partial charge is 0.242 e. The van der Waals surface area contributed by atoms with Crippen LogP contribution in [-0.2, 0) is 4.79 Å². The Labute approximate surface area is 164 Å². The standard InChI is InChI=1S/C19H29N5O2S/c1-4-5-7-16(18(25)21-17-12-15(3)26-22-17)23-8-6-9-24(11-10-23)19-20-14(2)13-27-19/h12-13,16H,4-11H2,1-3H3,(H,21,22,25). The Kier molecular flexibility index (Phi) is 6.84. The van der Waals surface area contributed by atoms with Crippen LogP contribution in [-0.4, -0.2) is 53.2 Å². The van der Waals surface area contributed by atoms with Crippen LogP contribution >= 0.6 is 11.3 Å². The minimum Gasteiger partial charge on any atom is -0.360 e. The van der Waals surface area contributed by atoms with Crippen LogP contribution in [0, 0.1) is 13.8 Å². The van der Waals surface area contributed by atoms with Crippen molar-refractivity contribution in [3.8, 4) is 0 Å². The molecule has 0 aliphatic carbocycles. The maximum Gasteiger partial charge on any atom is 0.242 e. The summed E-state index contributed by atoms with van der Waals surface area (Å²) in [5.41, 5.74) is 1.07. The van der Waals surface area contributed by atoms with Gasteiger partial charge in [-0.3, -0.25) is 9.69 Å². The first-order valence-corrected chi connectivity index (χ1v) is 10.6. The van der Waals surface area contributed by atoms with E-state index in [2.05, 4.69) is 37.6 Å². The number of hydrogen-bond donors (Lipinski definition) is 1. The summed E-state index contributed by atoms with van der Waals surface area (Å²) >= 11 is 1.70. The van der Waals surface area contributed by atoms with Crippen LogP contribution in [0.2, 0.25) is 0 Å². The van der Waals surface area contributed by atoms with E-state index >= 15 is 0 Å². The van der Waals surface area contributed by atoms with Gasteiger partial charge in [-0.2, -0.15) is 0 Å². The minimum atomic E-state index is -0.139. The van der Waals surface area contributed by atoms with Crippen molar-refractivity contribution in [1.29, 1.82) is 0 Å². The SMILES string of the molecule is CCCCC(C(=O)Nc1cc(C)on1)N1CCCN(c2nc(C)cs2)CC1. The first kappa shape index (κ1) is 19.8. The molecule has 1 atom stereocenters. The highest BCUT2D eigenvalue weighted by Crippen LogP contribution is 2.23. The van der Waals surface area contributed by atoms with Gasteiger partial charge in [0.15, 0.2) is 10.9 Å². The normalized spacial score (nSPS) is 16.9. The zero-order chi connectivity index (χ0) is 19.2. The molecule has 3 rings (SSSR count). The van der Waals surface area contributed by atoms with Gasteiger partial charge in [-0.05, 0) is 26.7 Å². The summed E-state index contributed by atoms with van der Waals surface area (Å²) in [5, 5.41) is 10.00. The molecule has 1 aliphatic rings. The molecule has 1 N–H and O–H groups in total. The van der Waals surface area contributed by atoms with Crippen LogP contribution in [0.5, 0.6) is 0 Å². The molecule has 1 amide bonds. The molecule has 0 spiro atoms. The average Bonchev–Trinajstić information content (AvgIpc) is 3.17. The van der Waals surface area contributed by atoms with Crippen molar-refractivity contribution in [3.05, 3.63) is 22.9 Å². The van der Waals surface area contributed by atoms with Crippen molar-refractivity contribution in [2.75, 3.05) is 36.4 Å². The molecule has 0 saturated carbocycles. The predicted octanol–water partition coefficient (Wildman–Crippen LogP) is 3.46. The largest absolute Gasteiger partial charge is 0.360 e. The van der Waals surface area contributed by atoms with Crippen molar-refractivity contribution in [1.82, 2.24) is 15.0 Å². The Morgan fingerprint density at radius 2 is 2.19 bits per heavy atom. The number of aryl methyl sites for hydroxylation is 2. The lowest BCUT2D eigenvalue weighted by molar-refractivity contribution is -0.121. The fraction of sp³-hybridized carbons (Fsp3) is 0.632. The van der Waals surface area contributed by atoms with Gasteiger partial charge >= 0.3 is 0 Å². The Bertz CT molecular complexity index is 744. The van der Waals surface area contributed by atoms with Gasteiger partial charge in [0.05, 0.1) is 11.7 Å². The van der Waals surface area contributed by atoms with E-state index in [0.29, 0.717) is 11.6 Å². The summed E-state index contributed by atoms with van der Waals surface area (Å²) in [6.45, 7) is 9.66. The van der Waals surface area contributed by atoms with Gasteiger partial charge in [0.25, 0.3) is 0 Å². The summed E-state index contributed by atoms with van der Waals surface area (Å²) in [5.74, 6) is 1.20. The van der Waals surface area contributed by atoms with Crippen molar-refractivity contribution in [3.63, 3.8) is 0 Å². The van der Waals surface area contributed by atoms with Crippen LogP contribution in [0.15, 0.2) is 16.0 Å². The van der Waals surface area contributed by atoms with E-state index in [1.165, 1.54) is 0 Å². The third-order valence-corrected chi connectivity index (χ3v) is 5.88. The van der Waals surface area contributed by atoms with Crippen LogP contribution in [0.3, 0.4) is 0 Å². The van der Waals surface area contributed by atoms with Gasteiger partial charge in [-0.25, -0.2) is 4.98 Å². The number of thiazole rings is 1. The fourth-order valence-electron chi connectivity index (χ4n) is 3.44. The molecule has 8 heteroatoms. The highest BCUT2D eigenvalue weighted by molar-refractivity contribution is 7.13. The molecule has 1 unspecified atom stereocenters. The lowest BCUT2D eigenvalue weighted by Gasteiger charge is -2.29. The number of unbranched alkanes of at least 4 members (excludes halogenated alkanes) is 1. The molecule has 0 radical (unpaired) electrons. The monoisotopic (exact) mass is 391 g/mol. The second-order valence-electron chi connectivity index (χ2n) is 7.12. The van der Waals surface area contributed by atoms with Crippen LogP contribution < -0.4 is 10.2 Å². The van der Waals surface area contributed by atoms with E-state index in [1.54, 1.807) is 17.4 Å². The lowest BCUT2D eigenvalue weighted by atomic mass is 10.1. The van der Waals surface area contributed by atoms with Gasteiger partial charge < -0.3 is 14.7 Å². The second kappa shape index (κ2) is 9.32. The van der Waals surface area contributed by atoms with E-state index in [0.717, 1.165) is 62.7 Å². The van der Waals surface area contributed by atoms with E-state index < -0.39 is 0 Å². The summed E-state index contributed by atoms with van der Waals surface area (Å²) in [6.07, 6.45) is 3.99. The van der Waals surface area contributed by atoms with Crippen LogP contribution in [0.25, 0.3) is 0 Å². The van der Waals surface area contributed by atoms with Gasteiger partial charge in [0, 0.05) is 37.6 Å². The second-order valence-corrected chi connectivity index (χ2v) is 7.95. The number of rotatable bonds is 7. The summed E-state index contributed by atoms with van der Waals surface area (Å²) in [4.78, 5) is 22.2. The Morgan fingerprint density at radius 1 is 1.33 bits per heavy atom. The third kappa shape index (κ3) is 5.29. The third-order valence-electron chi connectivity index (χ3n) is 4.86. The van der Waals surface area contributed by atoms with Gasteiger partial charge in [0.1, 0.15) is 5.76 Å². The number of hydrogen-bond acceptors (Lipinski definition) is 7. The minimum absolute atomic E-state index is 0.00953. The quantitative estimate of drug-likeness (QED) is 0.779. The van der Waals surface area contributed by atoms with Crippen molar-refractivity contribution in [2.45, 2.75) is 52.5 Å². The number of nitrogens with zero attached hydrogens (tertiary/aromatic N) is 4. The summed E-state index contributed by atoms with van der Waals surface area (Å²) in [7, 11) is 0. The Balaban J connectivity index is 1.65. The fourth-order valence-corrected chi connectivity index (χ4v) is 4.30. The number of carbonyl (C=O) groups is 1. The molecule has 148 valence electrons. The zero-order valence-corrected chi connectivity index (χ0v) is 17.2. The van der Waals surface area contributed by atoms with Crippen LogP contribution in [0.1, 0.15) is 44.1 Å². The Morgan fingerprint density at radius 3 is 2.85 bits per heavy atom. The molecular formula is C19H29N5O2S. The first-order valence-electron chi connectivity index (χ1n) is 9.72. The predicted molar refractivity (Wildman–Crippen MR) is 108 cm³/mol. The molecule has 7 nitrogen and oxygen atoms in total. The number of nitrogens with one attached hydrogen (secondary N) is 1. The highest BCUT2D eigenvalue weighted by Gasteiger charge is 2.28. The molecule has 3 heterocycles. The first-order chi connectivity index (χ1) is 13.1. The van der Waals surface area contributed by atoms with Crippen molar-refractivity contribution < 1.29 is 9.32 Å². The van der Waals surface area contributed by atoms with Gasteiger partial charge in [0.2, 0.25) is 5.91 Å². The van der Waals surface area contributed by atoms with E-state index in [9.17, 15) is 4.79 Å². The number of anilines is 2. The molecule has 1 aliphatic heterocycles. The number of amides is 1. The van der Waals surface area contributed by atoms with Gasteiger partial charge in [-0.1, -0.05) is 24.9 Å². The summed E-state index contributed by atoms with van der Waals surface area (Å²) < 4.78 is 5.07. The lowest BCUT2D eigenvalue weighted by Crippen LogP contribution is -2.45. The molecular weight excluding hydrogens is 362 g/mol. The number of aromatic nitrogens is 2. The molecule has 1 fully saturated rings. The topological polar surface area (TPSA) is 74.5 Å². The number of carbonyl (C=O) groups excluding carboxylic acids is 1. The maximum absolute atomic E-state index is 12.9. The van der Waals surface area contributed by atoms with E-state index in [-0.39, 0.29) is 11.9 Å². The molecule has 2 aromatic heterocycles. The molecule has 27 heavy (non-hydrogen) atoms. The maximum atomic E-state index is 12.9. The molecule has 0 bridgehead atoms. The van der Waals surface area contributed by atoms with Crippen LogP contribution in [0.4, 0.5) is 10.9 Å². The Hall–Kier alpha value is -1.93. The molecule has 1 saturated heterocycles. The van der Waals surface area contributed by atoms with Gasteiger partial charge in [-0.15, -0.1) is 11.3 Å². The van der Waals surface area contributed by atoms with E-state index in [1.807, 2.05) is 13.8 Å². The molecule has 2 aromatic rings. The molecule has 0 aromatic carbocycles. The van der Waals surface area contributed by atoms with Crippen molar-refractivity contribution in [2.24, 2.45) is 0 Å². The highest BCUT2D eigenvalue weighted by atomic mass is 32.1. The average molecular weight is 392 g/mol. The summed E-state index contributed by atoms with van der Waals surface area (Å²) in [6, 6.07) is 1.61. The van der Waals surface area contributed by atoms with E-state index in [4.69, 9.17) is 4.52 Å². The van der Waals surface area contributed by atoms with Crippen molar-refractivity contribution >= 4 is 28.2 Å².